The van der Waals surface area contributed by atoms with Crippen LogP contribution in [0.5, 0.6) is 28.7 Å². The first kappa shape index (κ1) is 20.3. The molecule has 0 radical (unpaired) electrons. The van der Waals surface area contributed by atoms with Gasteiger partial charge in [0.05, 0.1) is 28.4 Å². The summed E-state index contributed by atoms with van der Waals surface area (Å²) in [7, 11) is 6.29. The molecule has 0 spiro atoms. The van der Waals surface area contributed by atoms with E-state index in [1.807, 2.05) is 42.5 Å². The first-order valence-electron chi connectivity index (χ1n) is 9.15. The van der Waals surface area contributed by atoms with Gasteiger partial charge < -0.3 is 23.7 Å². The van der Waals surface area contributed by atoms with Gasteiger partial charge in [0.25, 0.3) is 0 Å². The van der Waals surface area contributed by atoms with Gasteiger partial charge in [-0.05, 0) is 59.2 Å². The largest absolute Gasteiger partial charge is 0.497 e. The van der Waals surface area contributed by atoms with E-state index in [-0.39, 0.29) is 12.4 Å². The van der Waals surface area contributed by atoms with Crippen molar-refractivity contribution < 1.29 is 28.5 Å². The number of rotatable bonds is 8. The standard InChI is InChI=1S/C23H24O6/c1-25-18-8-6-16-7-9-19(14-17(16)13-18)29-22(24)10-5-15-11-20(26-2)23(28-4)21(12-15)27-3/h6-9,11-14H,5,10H2,1-4H3. The lowest BCUT2D eigenvalue weighted by Crippen LogP contribution is -2.09. The van der Waals surface area contributed by atoms with Gasteiger partial charge in [-0.2, -0.15) is 0 Å². The van der Waals surface area contributed by atoms with Crippen LogP contribution in [0.25, 0.3) is 10.8 Å². The van der Waals surface area contributed by atoms with Gasteiger partial charge in [-0.1, -0.05) is 12.1 Å². The van der Waals surface area contributed by atoms with Crippen molar-refractivity contribution >= 4 is 16.7 Å². The molecule has 152 valence electrons. The number of methoxy groups -OCH3 is 4. The fourth-order valence-corrected chi connectivity index (χ4v) is 3.10. The fraction of sp³-hybridized carbons (Fsp3) is 0.261. The summed E-state index contributed by atoms with van der Waals surface area (Å²) >= 11 is 0. The number of hydrogen-bond donors (Lipinski definition) is 0. The Morgan fingerprint density at radius 3 is 1.93 bits per heavy atom. The molecule has 0 aliphatic carbocycles. The molecule has 0 aliphatic rings. The number of hydrogen-bond acceptors (Lipinski definition) is 6. The lowest BCUT2D eigenvalue weighted by Gasteiger charge is -2.14. The molecule has 0 saturated carbocycles. The van der Waals surface area contributed by atoms with Crippen molar-refractivity contribution in [3.8, 4) is 28.7 Å². The van der Waals surface area contributed by atoms with Crippen molar-refractivity contribution in [2.24, 2.45) is 0 Å². The maximum atomic E-state index is 12.3. The van der Waals surface area contributed by atoms with Gasteiger partial charge in [0.15, 0.2) is 11.5 Å². The van der Waals surface area contributed by atoms with Gasteiger partial charge >= 0.3 is 5.97 Å². The summed E-state index contributed by atoms with van der Waals surface area (Å²) in [5.41, 5.74) is 0.889. The summed E-state index contributed by atoms with van der Waals surface area (Å²) in [4.78, 5) is 12.3. The Bertz CT molecular complexity index is 986. The molecule has 3 rings (SSSR count). The van der Waals surface area contributed by atoms with E-state index in [0.29, 0.717) is 29.4 Å². The molecule has 0 saturated heterocycles. The van der Waals surface area contributed by atoms with E-state index >= 15 is 0 Å². The molecule has 0 unspecified atom stereocenters. The summed E-state index contributed by atoms with van der Waals surface area (Å²) < 4.78 is 26.8. The van der Waals surface area contributed by atoms with E-state index in [2.05, 4.69) is 0 Å². The predicted molar refractivity (Wildman–Crippen MR) is 111 cm³/mol. The van der Waals surface area contributed by atoms with Gasteiger partial charge in [0.2, 0.25) is 5.75 Å². The molecular formula is C23H24O6. The lowest BCUT2D eigenvalue weighted by molar-refractivity contribution is -0.134. The van der Waals surface area contributed by atoms with Gasteiger partial charge in [-0.3, -0.25) is 4.79 Å². The Morgan fingerprint density at radius 2 is 1.34 bits per heavy atom. The van der Waals surface area contributed by atoms with Gasteiger partial charge in [0, 0.05) is 6.42 Å². The monoisotopic (exact) mass is 396 g/mol. The van der Waals surface area contributed by atoms with Crippen LogP contribution < -0.4 is 23.7 Å². The Kier molecular flexibility index (Phi) is 6.44. The average molecular weight is 396 g/mol. The number of aryl methyl sites for hydroxylation is 1. The number of fused-ring (bicyclic) bond motifs is 1. The third-order valence-electron chi connectivity index (χ3n) is 4.59. The topological polar surface area (TPSA) is 63.2 Å². The zero-order valence-electron chi connectivity index (χ0n) is 17.0. The normalized spacial score (nSPS) is 10.5. The maximum Gasteiger partial charge on any atom is 0.311 e. The summed E-state index contributed by atoms with van der Waals surface area (Å²) in [6.45, 7) is 0. The first-order valence-corrected chi connectivity index (χ1v) is 9.15. The zero-order chi connectivity index (χ0) is 20.8. The minimum atomic E-state index is -0.319. The molecule has 6 heteroatoms. The number of carbonyl (C=O) groups excluding carboxylic acids is 1. The van der Waals surface area contributed by atoms with Crippen molar-refractivity contribution in [2.75, 3.05) is 28.4 Å². The highest BCUT2D eigenvalue weighted by molar-refractivity contribution is 5.86. The molecule has 0 N–H and O–H groups in total. The van der Waals surface area contributed by atoms with Crippen LogP contribution in [-0.2, 0) is 11.2 Å². The lowest BCUT2D eigenvalue weighted by atomic mass is 10.1. The molecule has 0 amide bonds. The predicted octanol–water partition coefficient (Wildman–Crippen LogP) is 4.41. The number of benzene rings is 3. The summed E-state index contributed by atoms with van der Waals surface area (Å²) in [5, 5.41) is 1.99. The van der Waals surface area contributed by atoms with Crippen LogP contribution in [0.3, 0.4) is 0 Å². The van der Waals surface area contributed by atoms with E-state index in [1.54, 1.807) is 34.5 Å². The molecule has 29 heavy (non-hydrogen) atoms. The van der Waals surface area contributed by atoms with Crippen LogP contribution in [0.1, 0.15) is 12.0 Å². The Labute approximate surface area is 169 Å². The minimum Gasteiger partial charge on any atom is -0.497 e. The van der Waals surface area contributed by atoms with E-state index in [0.717, 1.165) is 22.1 Å². The Hall–Kier alpha value is -3.41. The van der Waals surface area contributed by atoms with Crippen molar-refractivity contribution in [3.05, 3.63) is 54.1 Å². The van der Waals surface area contributed by atoms with E-state index in [1.165, 1.54) is 0 Å². The fourth-order valence-electron chi connectivity index (χ4n) is 3.10. The second kappa shape index (κ2) is 9.19. The minimum absolute atomic E-state index is 0.217. The average Bonchev–Trinajstić information content (AvgIpc) is 2.76. The molecule has 0 aromatic heterocycles. The number of carbonyl (C=O) groups is 1. The van der Waals surface area contributed by atoms with Gasteiger partial charge in [-0.15, -0.1) is 0 Å². The summed E-state index contributed by atoms with van der Waals surface area (Å²) in [5.74, 6) is 2.57. The molecule has 0 bridgehead atoms. The second-order valence-electron chi connectivity index (χ2n) is 6.38. The van der Waals surface area contributed by atoms with Crippen LogP contribution in [0.15, 0.2) is 48.5 Å². The van der Waals surface area contributed by atoms with Crippen molar-refractivity contribution in [2.45, 2.75) is 12.8 Å². The highest BCUT2D eigenvalue weighted by Gasteiger charge is 2.14. The second-order valence-corrected chi connectivity index (χ2v) is 6.38. The van der Waals surface area contributed by atoms with E-state index in [4.69, 9.17) is 23.7 Å². The molecule has 0 heterocycles. The Morgan fingerprint density at radius 1 is 0.724 bits per heavy atom. The van der Waals surface area contributed by atoms with Crippen LogP contribution in [-0.4, -0.2) is 34.4 Å². The van der Waals surface area contributed by atoms with Crippen LogP contribution in [0.4, 0.5) is 0 Å². The van der Waals surface area contributed by atoms with Crippen LogP contribution in [0, 0.1) is 0 Å². The maximum absolute atomic E-state index is 12.3. The SMILES string of the molecule is COc1ccc2ccc(OC(=O)CCc3cc(OC)c(OC)c(OC)c3)cc2c1. The zero-order valence-corrected chi connectivity index (χ0v) is 17.0. The summed E-state index contributed by atoms with van der Waals surface area (Å²) in [6.07, 6.45) is 0.700. The molecular weight excluding hydrogens is 372 g/mol. The molecule has 6 nitrogen and oxygen atoms in total. The molecule has 3 aromatic carbocycles. The number of esters is 1. The van der Waals surface area contributed by atoms with Crippen molar-refractivity contribution in [1.29, 1.82) is 0 Å². The Balaban J connectivity index is 1.69. The van der Waals surface area contributed by atoms with E-state index < -0.39 is 0 Å². The third kappa shape index (κ3) is 4.71. The van der Waals surface area contributed by atoms with Crippen molar-refractivity contribution in [1.82, 2.24) is 0 Å². The van der Waals surface area contributed by atoms with Gasteiger partial charge in [-0.25, -0.2) is 0 Å². The van der Waals surface area contributed by atoms with E-state index in [9.17, 15) is 4.79 Å². The highest BCUT2D eigenvalue weighted by atomic mass is 16.5. The molecule has 0 aliphatic heterocycles. The van der Waals surface area contributed by atoms with Crippen LogP contribution in [0.2, 0.25) is 0 Å². The quantitative estimate of drug-likeness (QED) is 0.415. The summed E-state index contributed by atoms with van der Waals surface area (Å²) in [6, 6.07) is 14.9. The van der Waals surface area contributed by atoms with Crippen molar-refractivity contribution in [3.63, 3.8) is 0 Å². The first-order chi connectivity index (χ1) is 14.1. The highest BCUT2D eigenvalue weighted by Crippen LogP contribution is 2.38. The molecule has 0 fully saturated rings. The molecule has 0 atom stereocenters. The smallest absolute Gasteiger partial charge is 0.311 e. The molecule has 3 aromatic rings. The van der Waals surface area contributed by atoms with Crippen LogP contribution >= 0.6 is 0 Å². The van der Waals surface area contributed by atoms with Gasteiger partial charge in [0.1, 0.15) is 11.5 Å². The number of ether oxygens (including phenoxy) is 5. The third-order valence-corrected chi connectivity index (χ3v) is 4.59.